The Balaban J connectivity index is 1.62. The summed E-state index contributed by atoms with van der Waals surface area (Å²) in [7, 11) is 1.49. The molecule has 0 radical (unpaired) electrons. The second-order valence-corrected chi connectivity index (χ2v) is 7.81. The fraction of sp³-hybridized carbons (Fsp3) is 0.208. The van der Waals surface area contributed by atoms with E-state index in [4.69, 9.17) is 4.84 Å². The van der Waals surface area contributed by atoms with Crippen LogP contribution in [0.3, 0.4) is 0 Å². The zero-order chi connectivity index (χ0) is 25.1. The molecule has 0 fully saturated rings. The Morgan fingerprint density at radius 3 is 2.66 bits per heavy atom. The van der Waals surface area contributed by atoms with E-state index in [0.717, 1.165) is 22.3 Å². The normalized spacial score (nSPS) is 13.0. The lowest BCUT2D eigenvalue weighted by molar-refractivity contribution is -0.144. The van der Waals surface area contributed by atoms with Crippen LogP contribution in [0.15, 0.2) is 70.0 Å². The molecule has 0 saturated heterocycles. The molecule has 2 heterocycles. The third-order valence-electron chi connectivity index (χ3n) is 5.44. The number of aryl methyl sites for hydroxylation is 1. The summed E-state index contributed by atoms with van der Waals surface area (Å²) in [5.41, 5.74) is 3.22. The predicted octanol–water partition coefficient (Wildman–Crippen LogP) is 1.93. The molecule has 1 aromatic heterocycles. The van der Waals surface area contributed by atoms with Gasteiger partial charge in [-0.25, -0.2) is 13.6 Å². The lowest BCUT2D eigenvalue weighted by atomic mass is 10.1. The van der Waals surface area contributed by atoms with Crippen LogP contribution in [-0.4, -0.2) is 33.4 Å². The number of amides is 1. The van der Waals surface area contributed by atoms with Crippen LogP contribution in [0.25, 0.3) is 10.9 Å². The molecule has 2 aromatic carbocycles. The number of nitrogens with one attached hydrogen (secondary N) is 2. The molecule has 0 spiro atoms. The van der Waals surface area contributed by atoms with E-state index < -0.39 is 28.8 Å². The average molecular weight is 483 g/mol. The molecule has 2 N–H and O–H groups in total. The Bertz CT molecular complexity index is 1480. The molecule has 1 aliphatic rings. The molecule has 0 atom stereocenters. The van der Waals surface area contributed by atoms with Crippen molar-refractivity contribution in [1.29, 1.82) is 0 Å². The summed E-state index contributed by atoms with van der Waals surface area (Å²) in [5, 5.41) is 4.35. The van der Waals surface area contributed by atoms with Crippen molar-refractivity contribution in [2.24, 2.45) is 7.05 Å². The second kappa shape index (κ2) is 9.94. The third-order valence-corrected chi connectivity index (χ3v) is 5.44. The van der Waals surface area contributed by atoms with Crippen LogP contribution in [0, 0.1) is 11.6 Å². The van der Waals surface area contributed by atoms with E-state index in [-0.39, 0.29) is 29.6 Å². The number of hydroxylamine groups is 1. The van der Waals surface area contributed by atoms with Crippen LogP contribution < -0.4 is 22.0 Å². The number of hydrazine groups is 1. The highest BCUT2D eigenvalue weighted by molar-refractivity contribution is 5.98. The van der Waals surface area contributed by atoms with Crippen molar-refractivity contribution in [3.05, 3.63) is 104 Å². The van der Waals surface area contributed by atoms with E-state index in [1.54, 1.807) is 18.5 Å². The first kappa shape index (κ1) is 23.9. The summed E-state index contributed by atoms with van der Waals surface area (Å²) >= 11 is 0. The molecule has 0 aliphatic carbocycles. The minimum atomic E-state index is -1.07. The van der Waals surface area contributed by atoms with Crippen LogP contribution in [0.1, 0.15) is 22.8 Å². The number of hydrogen-bond donors (Lipinski definition) is 2. The zero-order valence-corrected chi connectivity index (χ0v) is 19.0. The van der Waals surface area contributed by atoms with Crippen LogP contribution >= 0.6 is 0 Å². The van der Waals surface area contributed by atoms with Gasteiger partial charge in [-0.2, -0.15) is 5.17 Å². The number of benzene rings is 2. The Labute approximate surface area is 198 Å². The van der Waals surface area contributed by atoms with Crippen LogP contribution in [0.4, 0.5) is 8.78 Å². The topological polar surface area (TPSA) is 97.6 Å². The number of carbonyl (C=O) groups excluding carboxylic acids is 1. The lowest BCUT2D eigenvalue weighted by Gasteiger charge is -2.22. The molecule has 0 saturated carbocycles. The summed E-state index contributed by atoms with van der Waals surface area (Å²) < 4.78 is 29.1. The number of fused-ring (bicyclic) bond motifs is 1. The Morgan fingerprint density at radius 2 is 1.91 bits per heavy atom. The van der Waals surface area contributed by atoms with Crippen molar-refractivity contribution in [3.8, 4) is 0 Å². The van der Waals surface area contributed by atoms with E-state index in [0.29, 0.717) is 12.1 Å². The van der Waals surface area contributed by atoms with Crippen LogP contribution in [0.5, 0.6) is 0 Å². The van der Waals surface area contributed by atoms with Gasteiger partial charge < -0.3 is 5.32 Å². The van der Waals surface area contributed by atoms with E-state index >= 15 is 0 Å². The summed E-state index contributed by atoms with van der Waals surface area (Å²) in [6, 6.07) is 7.63. The molecule has 1 amide bonds. The number of rotatable bonds is 7. The average Bonchev–Trinajstić information content (AvgIpc) is 2.86. The monoisotopic (exact) mass is 483 g/mol. The fourth-order valence-electron chi connectivity index (χ4n) is 3.67. The van der Waals surface area contributed by atoms with Crippen LogP contribution in [-0.2, 0) is 18.4 Å². The van der Waals surface area contributed by atoms with Crippen molar-refractivity contribution in [3.63, 3.8) is 0 Å². The highest BCUT2D eigenvalue weighted by Gasteiger charge is 2.15. The molecule has 9 nitrogen and oxygen atoms in total. The molecule has 0 bridgehead atoms. The maximum Gasteiger partial charge on any atom is 0.331 e. The first-order valence-corrected chi connectivity index (χ1v) is 10.8. The first-order valence-electron chi connectivity index (χ1n) is 10.8. The fourth-order valence-corrected chi connectivity index (χ4v) is 3.67. The van der Waals surface area contributed by atoms with Gasteiger partial charge in [0, 0.05) is 25.4 Å². The van der Waals surface area contributed by atoms with E-state index in [9.17, 15) is 23.2 Å². The number of nitrogens with zero attached hydrogens (tertiary/aromatic N) is 3. The maximum absolute atomic E-state index is 13.6. The van der Waals surface area contributed by atoms with Gasteiger partial charge in [-0.1, -0.05) is 6.07 Å². The first-order chi connectivity index (χ1) is 16.8. The highest BCUT2D eigenvalue weighted by Crippen LogP contribution is 2.13. The number of hydrogen-bond acceptors (Lipinski definition) is 6. The van der Waals surface area contributed by atoms with Crippen molar-refractivity contribution in [2.75, 3.05) is 13.2 Å². The maximum atomic E-state index is 13.6. The Morgan fingerprint density at radius 1 is 1.11 bits per heavy atom. The van der Waals surface area contributed by atoms with Gasteiger partial charge in [-0.05, 0) is 54.5 Å². The standard InChI is InChI=1S/C24H23F2N5O4/c1-3-35-31-14-16(8-9-28-31)12-27-22(32)17-5-7-21-18(11-17)23(33)30(24(34)29(21)2)13-15-4-6-19(25)20(26)10-15/h4-11,14,28H,3,12-13H2,1-2H3,(H,27,32). The van der Waals surface area contributed by atoms with Gasteiger partial charge in [0.15, 0.2) is 11.6 Å². The zero-order valence-electron chi connectivity index (χ0n) is 19.0. The number of carbonyl (C=O) groups is 1. The minimum Gasteiger partial charge on any atom is -0.348 e. The van der Waals surface area contributed by atoms with Gasteiger partial charge >= 0.3 is 5.69 Å². The van der Waals surface area contributed by atoms with Crippen molar-refractivity contribution < 1.29 is 18.4 Å². The van der Waals surface area contributed by atoms with Crippen molar-refractivity contribution >= 4 is 16.8 Å². The molecule has 182 valence electrons. The van der Waals surface area contributed by atoms with Crippen molar-refractivity contribution in [2.45, 2.75) is 13.5 Å². The van der Waals surface area contributed by atoms with Gasteiger partial charge in [0.25, 0.3) is 11.5 Å². The van der Waals surface area contributed by atoms with Crippen LogP contribution in [0.2, 0.25) is 0 Å². The van der Waals surface area contributed by atoms with Gasteiger partial charge in [0.1, 0.15) is 0 Å². The van der Waals surface area contributed by atoms with Gasteiger partial charge in [-0.15, -0.1) is 0 Å². The van der Waals surface area contributed by atoms with E-state index in [1.165, 1.54) is 41.1 Å². The third kappa shape index (κ3) is 4.99. The summed E-state index contributed by atoms with van der Waals surface area (Å²) in [5.74, 6) is -2.51. The highest BCUT2D eigenvalue weighted by atomic mass is 19.2. The lowest BCUT2D eigenvalue weighted by Crippen LogP contribution is -2.39. The quantitative estimate of drug-likeness (QED) is 0.533. The number of halogens is 2. The van der Waals surface area contributed by atoms with Crippen molar-refractivity contribution in [1.82, 2.24) is 25.0 Å². The van der Waals surface area contributed by atoms with E-state index in [1.807, 2.05) is 6.92 Å². The van der Waals surface area contributed by atoms with Gasteiger partial charge in [0.05, 0.1) is 30.3 Å². The van der Waals surface area contributed by atoms with E-state index in [2.05, 4.69) is 10.7 Å². The molecule has 35 heavy (non-hydrogen) atoms. The van der Waals surface area contributed by atoms with Gasteiger partial charge in [0.2, 0.25) is 0 Å². The smallest absolute Gasteiger partial charge is 0.331 e. The Hall–Kier alpha value is -4.25. The molecular formula is C24H23F2N5O4. The molecule has 4 rings (SSSR count). The molecule has 0 unspecified atom stereocenters. The largest absolute Gasteiger partial charge is 0.348 e. The predicted molar refractivity (Wildman–Crippen MR) is 125 cm³/mol. The summed E-state index contributed by atoms with van der Waals surface area (Å²) in [6.07, 6.45) is 5.14. The molecule has 1 aliphatic heterocycles. The molecule has 3 aromatic rings. The molecule has 11 heteroatoms. The summed E-state index contributed by atoms with van der Waals surface area (Å²) in [4.78, 5) is 44.0. The second-order valence-electron chi connectivity index (χ2n) is 7.81. The SMILES string of the molecule is CCON1C=C(CNC(=O)c2ccc3c(c2)c(=O)n(Cc2ccc(F)c(F)c2)c(=O)n3C)C=CN1. The Kier molecular flexibility index (Phi) is 6.78. The summed E-state index contributed by atoms with van der Waals surface area (Å²) in [6.45, 7) is 2.27. The molecular weight excluding hydrogens is 460 g/mol. The van der Waals surface area contributed by atoms with Gasteiger partial charge in [-0.3, -0.25) is 29.0 Å². The minimum absolute atomic E-state index is 0.144. The number of aromatic nitrogens is 2.